The molecular formula is C16H22ClN5O. The fourth-order valence-corrected chi connectivity index (χ4v) is 3.83. The number of rotatable bonds is 4. The van der Waals surface area contributed by atoms with E-state index in [0.717, 1.165) is 43.8 Å². The Labute approximate surface area is 140 Å². The molecule has 0 radical (unpaired) electrons. The van der Waals surface area contributed by atoms with Gasteiger partial charge in [-0.05, 0) is 18.8 Å². The summed E-state index contributed by atoms with van der Waals surface area (Å²) in [7, 11) is 0. The van der Waals surface area contributed by atoms with Crippen molar-refractivity contribution in [3.05, 3.63) is 17.2 Å². The number of anilines is 1. The first kappa shape index (κ1) is 15.1. The molecule has 2 aromatic rings. The number of fused-ring (bicyclic) bond motifs is 1. The van der Waals surface area contributed by atoms with Crippen LogP contribution in [0, 0.1) is 5.92 Å². The van der Waals surface area contributed by atoms with E-state index in [0.29, 0.717) is 23.1 Å². The van der Waals surface area contributed by atoms with Gasteiger partial charge < -0.3 is 10.1 Å². The van der Waals surface area contributed by atoms with Gasteiger partial charge in [-0.3, -0.25) is 0 Å². The van der Waals surface area contributed by atoms with Crippen molar-refractivity contribution in [3.63, 3.8) is 0 Å². The number of hydrogen-bond donors (Lipinski definition) is 1. The molecule has 1 saturated heterocycles. The zero-order valence-corrected chi connectivity index (χ0v) is 13.9. The van der Waals surface area contributed by atoms with Crippen LogP contribution in [0.5, 0.6) is 0 Å². The van der Waals surface area contributed by atoms with Gasteiger partial charge in [0.15, 0.2) is 5.15 Å². The third kappa shape index (κ3) is 3.28. The summed E-state index contributed by atoms with van der Waals surface area (Å²) in [6.45, 7) is 1.59. The highest BCUT2D eigenvalue weighted by atomic mass is 35.5. The molecule has 0 amide bonds. The highest BCUT2D eigenvalue weighted by Gasteiger charge is 2.21. The standard InChI is InChI=1S/C16H22ClN5O/c17-15-13-10-18-16(19-12-5-7-23-8-6-12)21-22(13)14(20-15)9-11-3-1-2-4-11/h10-12H,1-9H2,(H,19,21). The van der Waals surface area contributed by atoms with Crippen molar-refractivity contribution in [2.45, 2.75) is 51.0 Å². The minimum Gasteiger partial charge on any atom is -0.381 e. The molecule has 7 heteroatoms. The van der Waals surface area contributed by atoms with Crippen LogP contribution in [0.2, 0.25) is 5.15 Å². The fourth-order valence-electron chi connectivity index (χ4n) is 3.60. The summed E-state index contributed by atoms with van der Waals surface area (Å²) in [4.78, 5) is 8.92. The molecule has 1 aliphatic heterocycles. The van der Waals surface area contributed by atoms with Gasteiger partial charge in [-0.25, -0.2) is 14.5 Å². The Kier molecular flexibility index (Phi) is 4.35. The maximum absolute atomic E-state index is 6.26. The lowest BCUT2D eigenvalue weighted by Crippen LogP contribution is -2.29. The largest absolute Gasteiger partial charge is 0.381 e. The van der Waals surface area contributed by atoms with Gasteiger partial charge >= 0.3 is 0 Å². The lowest BCUT2D eigenvalue weighted by atomic mass is 10.0. The second-order valence-corrected chi connectivity index (χ2v) is 6.94. The maximum Gasteiger partial charge on any atom is 0.241 e. The number of nitrogens with zero attached hydrogens (tertiary/aromatic N) is 4. The summed E-state index contributed by atoms with van der Waals surface area (Å²) in [5, 5.41) is 8.54. The number of imidazole rings is 1. The van der Waals surface area contributed by atoms with Crippen LogP contribution in [0.3, 0.4) is 0 Å². The molecule has 1 N–H and O–H groups in total. The smallest absolute Gasteiger partial charge is 0.241 e. The molecule has 4 rings (SSSR count). The van der Waals surface area contributed by atoms with Gasteiger partial charge in [0.2, 0.25) is 5.95 Å². The van der Waals surface area contributed by atoms with E-state index >= 15 is 0 Å². The summed E-state index contributed by atoms with van der Waals surface area (Å²) in [6.07, 6.45) is 9.90. The summed E-state index contributed by atoms with van der Waals surface area (Å²) in [5.74, 6) is 2.30. The monoisotopic (exact) mass is 335 g/mol. The van der Waals surface area contributed by atoms with Gasteiger partial charge in [0.05, 0.1) is 6.20 Å². The fraction of sp³-hybridized carbons (Fsp3) is 0.688. The third-order valence-electron chi connectivity index (χ3n) is 4.92. The second kappa shape index (κ2) is 6.61. The molecule has 124 valence electrons. The van der Waals surface area contributed by atoms with Crippen LogP contribution in [0.1, 0.15) is 44.3 Å². The van der Waals surface area contributed by atoms with Gasteiger partial charge in [0, 0.05) is 25.7 Å². The molecular weight excluding hydrogens is 314 g/mol. The summed E-state index contributed by atoms with van der Waals surface area (Å²) >= 11 is 6.26. The van der Waals surface area contributed by atoms with Crippen molar-refractivity contribution in [3.8, 4) is 0 Å². The van der Waals surface area contributed by atoms with Crippen molar-refractivity contribution in [2.75, 3.05) is 18.5 Å². The highest BCUT2D eigenvalue weighted by Crippen LogP contribution is 2.29. The molecule has 0 bridgehead atoms. The topological polar surface area (TPSA) is 64.3 Å². The van der Waals surface area contributed by atoms with Crippen molar-refractivity contribution in [1.82, 2.24) is 19.6 Å². The number of halogens is 1. The second-order valence-electron chi connectivity index (χ2n) is 6.58. The SMILES string of the molecule is Clc1nc(CC2CCCC2)n2nc(NC3CCOCC3)ncc12. The maximum atomic E-state index is 6.26. The first-order valence-electron chi connectivity index (χ1n) is 8.54. The van der Waals surface area contributed by atoms with Crippen molar-refractivity contribution >= 4 is 23.1 Å². The van der Waals surface area contributed by atoms with E-state index in [-0.39, 0.29) is 0 Å². The van der Waals surface area contributed by atoms with Crippen LogP contribution in [0.15, 0.2) is 6.20 Å². The zero-order valence-electron chi connectivity index (χ0n) is 13.2. The molecule has 1 saturated carbocycles. The molecule has 6 nitrogen and oxygen atoms in total. The Morgan fingerprint density at radius 3 is 2.78 bits per heavy atom. The molecule has 2 fully saturated rings. The van der Waals surface area contributed by atoms with E-state index in [1.54, 1.807) is 6.20 Å². The van der Waals surface area contributed by atoms with Gasteiger partial charge in [0.1, 0.15) is 11.3 Å². The average molecular weight is 336 g/mol. The van der Waals surface area contributed by atoms with E-state index in [1.165, 1.54) is 25.7 Å². The summed E-state index contributed by atoms with van der Waals surface area (Å²) in [6, 6.07) is 0.374. The minimum atomic E-state index is 0.374. The molecule has 3 heterocycles. The molecule has 23 heavy (non-hydrogen) atoms. The van der Waals surface area contributed by atoms with Gasteiger partial charge in [-0.1, -0.05) is 37.3 Å². The lowest BCUT2D eigenvalue weighted by Gasteiger charge is -2.22. The number of aromatic nitrogens is 4. The molecule has 0 atom stereocenters. The predicted molar refractivity (Wildman–Crippen MR) is 88.9 cm³/mol. The van der Waals surface area contributed by atoms with E-state index in [2.05, 4.69) is 20.4 Å². The molecule has 2 aromatic heterocycles. The Hall–Kier alpha value is -1.40. The van der Waals surface area contributed by atoms with E-state index < -0.39 is 0 Å². The molecule has 0 spiro atoms. The van der Waals surface area contributed by atoms with Crippen LogP contribution in [-0.2, 0) is 11.2 Å². The normalized spacial score (nSPS) is 20.4. The number of nitrogens with one attached hydrogen (secondary N) is 1. The zero-order chi connectivity index (χ0) is 15.6. The Bertz CT molecular complexity index is 676. The van der Waals surface area contributed by atoms with E-state index in [1.807, 2.05) is 4.52 Å². The van der Waals surface area contributed by atoms with Gasteiger partial charge in [-0.2, -0.15) is 0 Å². The Morgan fingerprint density at radius 1 is 1.22 bits per heavy atom. The van der Waals surface area contributed by atoms with Gasteiger partial charge in [-0.15, -0.1) is 5.10 Å². The van der Waals surface area contributed by atoms with Crippen LogP contribution in [0.25, 0.3) is 5.52 Å². The third-order valence-corrected chi connectivity index (χ3v) is 5.19. The Balaban J connectivity index is 1.57. The van der Waals surface area contributed by atoms with Crippen LogP contribution in [-0.4, -0.2) is 38.8 Å². The molecule has 2 aliphatic rings. The predicted octanol–water partition coefficient (Wildman–Crippen LogP) is 3.10. The van der Waals surface area contributed by atoms with Crippen LogP contribution in [0.4, 0.5) is 5.95 Å². The molecule has 0 aromatic carbocycles. The average Bonchev–Trinajstić information content (AvgIpc) is 3.18. The summed E-state index contributed by atoms with van der Waals surface area (Å²) in [5.41, 5.74) is 0.789. The minimum absolute atomic E-state index is 0.374. The number of hydrogen-bond acceptors (Lipinski definition) is 5. The van der Waals surface area contributed by atoms with Crippen LogP contribution >= 0.6 is 11.6 Å². The summed E-state index contributed by atoms with van der Waals surface area (Å²) < 4.78 is 7.26. The van der Waals surface area contributed by atoms with E-state index in [4.69, 9.17) is 16.3 Å². The van der Waals surface area contributed by atoms with Crippen molar-refractivity contribution < 1.29 is 4.74 Å². The molecule has 0 unspecified atom stereocenters. The number of ether oxygens (including phenoxy) is 1. The van der Waals surface area contributed by atoms with Crippen molar-refractivity contribution in [1.29, 1.82) is 0 Å². The van der Waals surface area contributed by atoms with Crippen LogP contribution < -0.4 is 5.32 Å². The first-order valence-corrected chi connectivity index (χ1v) is 8.92. The Morgan fingerprint density at radius 2 is 2.00 bits per heavy atom. The van der Waals surface area contributed by atoms with Gasteiger partial charge in [0.25, 0.3) is 0 Å². The van der Waals surface area contributed by atoms with E-state index in [9.17, 15) is 0 Å². The first-order chi connectivity index (χ1) is 11.3. The molecule has 1 aliphatic carbocycles. The lowest BCUT2D eigenvalue weighted by molar-refractivity contribution is 0.0903. The quantitative estimate of drug-likeness (QED) is 0.930. The highest BCUT2D eigenvalue weighted by molar-refractivity contribution is 6.32. The van der Waals surface area contributed by atoms with Crippen molar-refractivity contribution in [2.24, 2.45) is 5.92 Å².